The van der Waals surface area contributed by atoms with E-state index in [9.17, 15) is 19.2 Å². The highest BCUT2D eigenvalue weighted by molar-refractivity contribution is 5.87. The Morgan fingerprint density at radius 3 is 2.00 bits per heavy atom. The van der Waals surface area contributed by atoms with Crippen LogP contribution in [0.1, 0.15) is 75.6 Å². The van der Waals surface area contributed by atoms with E-state index in [4.69, 9.17) is 14.2 Å². The van der Waals surface area contributed by atoms with Gasteiger partial charge in [-0.3, -0.25) is 19.7 Å². The van der Waals surface area contributed by atoms with E-state index in [1.165, 1.54) is 0 Å². The van der Waals surface area contributed by atoms with Crippen LogP contribution < -0.4 is 10.6 Å². The molecular formula is C41H53N3O7. The summed E-state index contributed by atoms with van der Waals surface area (Å²) in [5.41, 5.74) is 3.53. The van der Waals surface area contributed by atoms with Crippen molar-refractivity contribution in [3.8, 4) is 0 Å². The second-order valence-electron chi connectivity index (χ2n) is 13.9. The summed E-state index contributed by atoms with van der Waals surface area (Å²) in [6, 6.07) is 25.6. The van der Waals surface area contributed by atoms with Crippen LogP contribution in [0.4, 0.5) is 4.79 Å². The fourth-order valence-corrected chi connectivity index (χ4v) is 6.28. The Balaban J connectivity index is 1.49. The minimum atomic E-state index is -0.800. The quantitative estimate of drug-likeness (QED) is 0.0950. The van der Waals surface area contributed by atoms with Gasteiger partial charge in [0.2, 0.25) is 5.91 Å². The minimum absolute atomic E-state index is 0.171. The first kappa shape index (κ1) is 39.1. The predicted octanol–water partition coefficient (Wildman–Crippen LogP) is 5.94. The summed E-state index contributed by atoms with van der Waals surface area (Å²) in [7, 11) is 0. The topological polar surface area (TPSA) is 123 Å². The highest BCUT2D eigenvalue weighted by atomic mass is 16.6. The van der Waals surface area contributed by atoms with E-state index >= 15 is 0 Å². The van der Waals surface area contributed by atoms with Gasteiger partial charge in [0, 0.05) is 12.6 Å². The molecule has 0 spiro atoms. The van der Waals surface area contributed by atoms with Crippen molar-refractivity contribution >= 4 is 23.9 Å². The van der Waals surface area contributed by atoms with E-state index in [1.807, 2.05) is 72.8 Å². The molecule has 0 unspecified atom stereocenters. The molecule has 1 aliphatic rings. The molecule has 0 saturated carbocycles. The van der Waals surface area contributed by atoms with Crippen molar-refractivity contribution in [2.24, 2.45) is 0 Å². The standard InChI is InChI=1S/C41H53N3O7/c1-5-49-39(47)36(24-23-30-16-8-6-9-17-30)43-35(22-14-15-25-42-40(48)50-29-31-18-10-7-11-19-31)38(46)44(28-37(45)51-41(2,3)4)34-26-32-20-12-13-21-33(32)27-34/h6-13,16-21,34-36,43H,5,14-15,22-29H2,1-4H3,(H,42,48)/t35-,36-/m0/s1. The van der Waals surface area contributed by atoms with E-state index in [2.05, 4.69) is 22.8 Å². The van der Waals surface area contributed by atoms with Crippen LogP contribution in [0, 0.1) is 0 Å². The Morgan fingerprint density at radius 1 is 0.784 bits per heavy atom. The first-order valence-corrected chi connectivity index (χ1v) is 18.0. The molecule has 0 heterocycles. The van der Waals surface area contributed by atoms with E-state index in [1.54, 1.807) is 32.6 Å². The summed E-state index contributed by atoms with van der Waals surface area (Å²) < 4.78 is 16.5. The third kappa shape index (κ3) is 13.2. The van der Waals surface area contributed by atoms with Crippen LogP contribution in [0.25, 0.3) is 0 Å². The molecule has 2 N–H and O–H groups in total. The summed E-state index contributed by atoms with van der Waals surface area (Å²) in [4.78, 5) is 55.2. The molecule has 0 radical (unpaired) electrons. The van der Waals surface area contributed by atoms with Gasteiger partial charge in [-0.05, 0) is 94.9 Å². The largest absolute Gasteiger partial charge is 0.465 e. The molecule has 0 fully saturated rings. The van der Waals surface area contributed by atoms with Crippen LogP contribution in [-0.2, 0) is 54.5 Å². The maximum absolute atomic E-state index is 14.7. The summed E-state index contributed by atoms with van der Waals surface area (Å²) in [5, 5.41) is 6.15. The Labute approximate surface area is 302 Å². The van der Waals surface area contributed by atoms with Crippen molar-refractivity contribution in [1.82, 2.24) is 15.5 Å². The molecule has 3 aromatic rings. The number of carbonyl (C=O) groups excluding carboxylic acids is 4. The van der Waals surface area contributed by atoms with Gasteiger partial charge in [0.25, 0.3) is 0 Å². The maximum Gasteiger partial charge on any atom is 0.407 e. The number of nitrogens with one attached hydrogen (secondary N) is 2. The molecule has 0 aliphatic heterocycles. The number of benzene rings is 3. The molecule has 2 amide bonds. The Hall–Kier alpha value is -4.70. The zero-order valence-corrected chi connectivity index (χ0v) is 30.4. The van der Waals surface area contributed by atoms with E-state index in [0.717, 1.165) is 22.3 Å². The molecule has 3 aromatic carbocycles. The van der Waals surface area contributed by atoms with E-state index in [0.29, 0.717) is 51.5 Å². The molecule has 51 heavy (non-hydrogen) atoms. The van der Waals surface area contributed by atoms with Gasteiger partial charge in [0.15, 0.2) is 0 Å². The Kier molecular flexibility index (Phi) is 15.0. The number of fused-ring (bicyclic) bond motifs is 1. The van der Waals surface area contributed by atoms with Gasteiger partial charge < -0.3 is 24.4 Å². The normalized spacial score (nSPS) is 13.8. The van der Waals surface area contributed by atoms with Gasteiger partial charge >= 0.3 is 18.0 Å². The molecule has 0 aromatic heterocycles. The zero-order chi connectivity index (χ0) is 36.6. The zero-order valence-electron chi connectivity index (χ0n) is 30.4. The lowest BCUT2D eigenvalue weighted by Crippen LogP contribution is -2.56. The second kappa shape index (κ2) is 19.6. The highest BCUT2D eigenvalue weighted by Gasteiger charge is 2.37. The van der Waals surface area contributed by atoms with Crippen LogP contribution in [-0.4, -0.2) is 72.3 Å². The number of ether oxygens (including phenoxy) is 3. The van der Waals surface area contributed by atoms with Crippen molar-refractivity contribution in [2.45, 2.75) is 103 Å². The van der Waals surface area contributed by atoms with Crippen molar-refractivity contribution < 1.29 is 33.4 Å². The van der Waals surface area contributed by atoms with Crippen LogP contribution in [0.5, 0.6) is 0 Å². The number of nitrogens with zero attached hydrogens (tertiary/aromatic N) is 1. The molecule has 1 aliphatic carbocycles. The third-order valence-electron chi connectivity index (χ3n) is 8.71. The fraction of sp³-hybridized carbons (Fsp3) is 0.463. The average molecular weight is 700 g/mol. The van der Waals surface area contributed by atoms with Crippen molar-refractivity contribution in [3.63, 3.8) is 0 Å². The Bertz CT molecular complexity index is 1530. The number of hydrogen-bond donors (Lipinski definition) is 2. The molecule has 0 saturated heterocycles. The summed E-state index contributed by atoms with van der Waals surface area (Å²) in [6.07, 6.45) is 3.23. The molecule has 10 nitrogen and oxygen atoms in total. The minimum Gasteiger partial charge on any atom is -0.465 e. The lowest BCUT2D eigenvalue weighted by Gasteiger charge is -2.34. The summed E-state index contributed by atoms with van der Waals surface area (Å²) in [6.45, 7) is 7.67. The first-order chi connectivity index (χ1) is 24.5. The van der Waals surface area contributed by atoms with Gasteiger partial charge in [0.05, 0.1) is 12.6 Å². The lowest BCUT2D eigenvalue weighted by atomic mass is 10.0. The van der Waals surface area contributed by atoms with Crippen molar-refractivity contribution in [2.75, 3.05) is 19.7 Å². The molecule has 0 bridgehead atoms. The molecular weight excluding hydrogens is 646 g/mol. The third-order valence-corrected chi connectivity index (χ3v) is 8.71. The number of hydrogen-bond acceptors (Lipinski definition) is 8. The summed E-state index contributed by atoms with van der Waals surface area (Å²) >= 11 is 0. The average Bonchev–Trinajstić information content (AvgIpc) is 3.54. The number of aryl methyl sites for hydroxylation is 1. The number of carbonyl (C=O) groups is 4. The predicted molar refractivity (Wildman–Crippen MR) is 196 cm³/mol. The van der Waals surface area contributed by atoms with Gasteiger partial charge in [-0.15, -0.1) is 0 Å². The van der Waals surface area contributed by atoms with Gasteiger partial charge in [-0.25, -0.2) is 4.79 Å². The molecule has 10 heteroatoms. The van der Waals surface area contributed by atoms with Gasteiger partial charge in [-0.2, -0.15) is 0 Å². The Morgan fingerprint density at radius 2 is 1.39 bits per heavy atom. The first-order valence-electron chi connectivity index (χ1n) is 18.0. The fourth-order valence-electron chi connectivity index (χ4n) is 6.28. The van der Waals surface area contributed by atoms with Crippen LogP contribution in [0.15, 0.2) is 84.9 Å². The van der Waals surface area contributed by atoms with Crippen LogP contribution in [0.2, 0.25) is 0 Å². The van der Waals surface area contributed by atoms with Crippen molar-refractivity contribution in [1.29, 1.82) is 0 Å². The SMILES string of the molecule is CCOC(=O)[C@H](CCc1ccccc1)N[C@@H](CCCCNC(=O)OCc1ccccc1)C(=O)N(CC(=O)OC(C)(C)C)C1Cc2ccccc2C1. The van der Waals surface area contributed by atoms with Gasteiger partial charge in [-0.1, -0.05) is 84.9 Å². The number of rotatable bonds is 18. The van der Waals surface area contributed by atoms with E-state index in [-0.39, 0.29) is 31.7 Å². The number of esters is 2. The summed E-state index contributed by atoms with van der Waals surface area (Å²) in [5.74, 6) is -1.20. The smallest absolute Gasteiger partial charge is 0.407 e. The monoisotopic (exact) mass is 699 g/mol. The molecule has 2 atom stereocenters. The lowest BCUT2D eigenvalue weighted by molar-refractivity contribution is -0.160. The van der Waals surface area contributed by atoms with Gasteiger partial charge in [0.1, 0.15) is 24.8 Å². The van der Waals surface area contributed by atoms with E-state index < -0.39 is 35.7 Å². The molecule has 4 rings (SSSR count). The number of amides is 2. The van der Waals surface area contributed by atoms with Crippen LogP contribution >= 0.6 is 0 Å². The highest BCUT2D eigenvalue weighted by Crippen LogP contribution is 2.27. The molecule has 274 valence electrons. The number of alkyl carbamates (subject to hydrolysis) is 1. The van der Waals surface area contributed by atoms with Crippen molar-refractivity contribution in [3.05, 3.63) is 107 Å². The second-order valence-corrected chi connectivity index (χ2v) is 13.9. The van der Waals surface area contributed by atoms with Crippen LogP contribution in [0.3, 0.4) is 0 Å². The maximum atomic E-state index is 14.7. The number of unbranched alkanes of at least 4 members (excludes halogenated alkanes) is 1.